The Morgan fingerprint density at radius 2 is 0.917 bits per heavy atom. The fraction of sp³-hybridized carbons (Fsp3) is 0.933. The highest BCUT2D eigenvalue weighted by Crippen LogP contribution is 2.62. The van der Waals surface area contributed by atoms with E-state index in [1.807, 2.05) is 0 Å². The highest BCUT2D eigenvalue weighted by molar-refractivity contribution is 5.72. The molecule has 2 aliphatic rings. The Bertz CT molecular complexity index is 1390. The number of alkyl halides is 22. The summed E-state index contributed by atoms with van der Waals surface area (Å²) in [5.41, 5.74) is -16.7. The van der Waals surface area contributed by atoms with Gasteiger partial charge in [-0.1, -0.05) is 27.7 Å². The topological polar surface area (TPSA) is 123 Å². The summed E-state index contributed by atoms with van der Waals surface area (Å²) >= 11 is 0. The monoisotopic (exact) mass is 940 g/mol. The van der Waals surface area contributed by atoms with Crippen LogP contribution in [0.3, 0.4) is 0 Å². The van der Waals surface area contributed by atoms with Gasteiger partial charge in [0.05, 0.1) is 11.8 Å². The lowest BCUT2D eigenvalue weighted by Gasteiger charge is -2.54. The maximum atomic E-state index is 14.3. The lowest BCUT2D eigenvalue weighted by atomic mass is 9.65. The molecule has 0 radical (unpaired) electrons. The quantitative estimate of drug-likeness (QED) is 0.163. The molecule has 2 rings (SSSR count). The summed E-state index contributed by atoms with van der Waals surface area (Å²) in [4.78, 5) is 23.5. The molecule has 30 heteroatoms. The molecule has 356 valence electrons. The molecule has 2 fully saturated rings. The van der Waals surface area contributed by atoms with Crippen LogP contribution < -0.4 is 0 Å². The highest BCUT2D eigenvalue weighted by atomic mass is 19.4. The van der Waals surface area contributed by atoms with Crippen molar-refractivity contribution >= 4 is 11.9 Å². The van der Waals surface area contributed by atoms with Crippen LogP contribution in [0.2, 0.25) is 0 Å². The third-order valence-corrected chi connectivity index (χ3v) is 10.1. The average molecular weight is 941 g/mol. The van der Waals surface area contributed by atoms with Gasteiger partial charge in [0.2, 0.25) is 11.7 Å². The number of ether oxygens (including phenoxy) is 3. The molecule has 8 nitrogen and oxygen atoms in total. The molecule has 0 aromatic rings. The first kappa shape index (κ1) is 55.3. The van der Waals surface area contributed by atoms with Crippen LogP contribution in [0, 0.1) is 23.7 Å². The van der Waals surface area contributed by atoms with Crippen molar-refractivity contribution in [1.29, 1.82) is 0 Å². The summed E-state index contributed by atoms with van der Waals surface area (Å²) in [6, 6.07) is 0. The number of carbonyl (C=O) groups is 2. The molecule has 0 bridgehead atoms. The number of hydrogen-bond donors (Lipinski definition) is 3. The molecule has 7 unspecified atom stereocenters. The first-order valence-electron chi connectivity index (χ1n) is 16.6. The van der Waals surface area contributed by atoms with Crippen LogP contribution >= 0.6 is 0 Å². The van der Waals surface area contributed by atoms with Gasteiger partial charge in [0, 0.05) is 11.8 Å². The van der Waals surface area contributed by atoms with E-state index in [1.165, 1.54) is 20.8 Å². The Kier molecular flexibility index (Phi) is 15.4. The van der Waals surface area contributed by atoms with Crippen molar-refractivity contribution in [3.8, 4) is 0 Å². The Morgan fingerprint density at radius 1 is 0.600 bits per heavy atom. The lowest BCUT2D eigenvalue weighted by molar-refractivity contribution is -0.537. The molecular formula is C30H34F22O8. The molecule has 1 aliphatic heterocycles. The number of carbonyl (C=O) groups excluding carboxylic acids is 2. The van der Waals surface area contributed by atoms with E-state index in [2.05, 4.69) is 14.2 Å². The maximum Gasteiger partial charge on any atom is 0.449 e. The second-order valence-corrected chi connectivity index (χ2v) is 14.1. The number of rotatable bonds is 8. The molecule has 0 amide bonds. The van der Waals surface area contributed by atoms with E-state index in [0.29, 0.717) is 0 Å². The third-order valence-electron chi connectivity index (χ3n) is 10.1. The zero-order valence-corrected chi connectivity index (χ0v) is 30.7. The second-order valence-electron chi connectivity index (χ2n) is 14.1. The van der Waals surface area contributed by atoms with Gasteiger partial charge in [-0.2, -0.15) is 96.6 Å². The molecule has 0 aromatic heterocycles. The normalized spacial score (nSPS) is 29.4. The van der Waals surface area contributed by atoms with Crippen molar-refractivity contribution in [2.45, 2.75) is 150 Å². The van der Waals surface area contributed by atoms with Gasteiger partial charge in [0.15, 0.2) is 0 Å². The minimum absolute atomic E-state index is 0.0164. The van der Waals surface area contributed by atoms with Gasteiger partial charge in [0.1, 0.15) is 6.10 Å². The molecule has 1 heterocycles. The van der Waals surface area contributed by atoms with Crippen LogP contribution in [0.4, 0.5) is 96.6 Å². The Morgan fingerprint density at radius 3 is 1.18 bits per heavy atom. The van der Waals surface area contributed by atoms with Crippen molar-refractivity contribution in [2.75, 3.05) is 0 Å². The van der Waals surface area contributed by atoms with E-state index in [4.69, 9.17) is 0 Å². The van der Waals surface area contributed by atoms with Crippen LogP contribution in [0.25, 0.3) is 0 Å². The number of halogens is 22. The van der Waals surface area contributed by atoms with E-state index in [-0.39, 0.29) is 12.8 Å². The zero-order chi connectivity index (χ0) is 48.3. The van der Waals surface area contributed by atoms with Crippen LogP contribution in [-0.2, 0) is 23.8 Å². The third kappa shape index (κ3) is 9.44. The van der Waals surface area contributed by atoms with Crippen molar-refractivity contribution in [3.05, 3.63) is 0 Å². The molecule has 0 aromatic carbocycles. The summed E-state index contributed by atoms with van der Waals surface area (Å²) in [5, 5.41) is 28.4. The molecular weight excluding hydrogens is 906 g/mol. The molecule has 60 heavy (non-hydrogen) atoms. The fourth-order valence-corrected chi connectivity index (χ4v) is 5.87. The summed E-state index contributed by atoms with van der Waals surface area (Å²) in [6.07, 6.45) is -51.7. The molecule has 1 saturated carbocycles. The number of hydrogen-bond acceptors (Lipinski definition) is 8. The predicted octanol–water partition coefficient (Wildman–Crippen LogP) is 8.89. The van der Waals surface area contributed by atoms with Crippen LogP contribution in [0.5, 0.6) is 0 Å². The van der Waals surface area contributed by atoms with Gasteiger partial charge in [-0.05, 0) is 39.0 Å². The van der Waals surface area contributed by atoms with Crippen LogP contribution in [0.1, 0.15) is 66.7 Å². The van der Waals surface area contributed by atoms with Crippen molar-refractivity contribution in [1.82, 2.24) is 0 Å². The van der Waals surface area contributed by atoms with E-state index >= 15 is 0 Å². The van der Waals surface area contributed by atoms with E-state index < -0.39 is 145 Å². The van der Waals surface area contributed by atoms with Crippen molar-refractivity contribution in [2.24, 2.45) is 23.7 Å². The van der Waals surface area contributed by atoms with Crippen molar-refractivity contribution < 1.29 is 136 Å². The Labute approximate surface area is 322 Å². The maximum absolute atomic E-state index is 14.3. The van der Waals surface area contributed by atoms with Crippen LogP contribution in [-0.4, -0.2) is 111 Å². The van der Waals surface area contributed by atoms with Gasteiger partial charge in [-0.3, -0.25) is 9.59 Å². The van der Waals surface area contributed by atoms with Gasteiger partial charge in [-0.15, -0.1) is 0 Å². The number of aliphatic hydroxyl groups is 3. The number of esters is 2. The highest BCUT2D eigenvalue weighted by Gasteiger charge is 2.90. The zero-order valence-electron chi connectivity index (χ0n) is 30.7. The summed E-state index contributed by atoms with van der Waals surface area (Å²) in [6.45, 7) is 4.12. The first-order valence-corrected chi connectivity index (χ1v) is 16.6. The molecule has 1 aliphatic carbocycles. The average Bonchev–Trinajstić information content (AvgIpc) is 3.04. The van der Waals surface area contributed by atoms with Gasteiger partial charge >= 0.3 is 66.6 Å². The van der Waals surface area contributed by atoms with E-state index in [9.17, 15) is 121 Å². The summed E-state index contributed by atoms with van der Waals surface area (Å²) in [5.74, 6) is -30.5. The van der Waals surface area contributed by atoms with E-state index in [1.54, 1.807) is 0 Å². The first-order chi connectivity index (χ1) is 26.2. The standard InChI is InChI=1S/C17H20F12O4.C13H14F10O4/c1-3-7(2)11(30)33-10-5-8(12(31,14(18,19)20)15(21,22)23)4-9(6-10)13(32,16(24,25)26)17(27,28)29;1-4-5(2)6(24)26-7-9(14,15)8(3,12(18,19)20)27-11(25,10(7,16)17)13(21,22)23/h7-10,31-32H,3-6H2,1-2H3;5,7,25H,4H2,1-3H3. The largest absolute Gasteiger partial charge is 0.462 e. The minimum Gasteiger partial charge on any atom is -0.462 e. The molecule has 0 spiro atoms. The van der Waals surface area contributed by atoms with Gasteiger partial charge < -0.3 is 29.5 Å². The fourth-order valence-electron chi connectivity index (χ4n) is 5.87. The van der Waals surface area contributed by atoms with Crippen LogP contribution in [0.15, 0.2) is 0 Å². The Hall–Kier alpha value is -2.76. The predicted molar refractivity (Wildman–Crippen MR) is 150 cm³/mol. The molecule has 1 saturated heterocycles. The lowest BCUT2D eigenvalue weighted by Crippen LogP contribution is -2.82. The second kappa shape index (κ2) is 16.7. The Balaban J connectivity index is 0.000000612. The smallest absolute Gasteiger partial charge is 0.449 e. The van der Waals surface area contributed by atoms with Gasteiger partial charge in [0.25, 0.3) is 11.2 Å². The SMILES string of the molecule is CCC(C)C(=O)OC1C(F)(F)C(C)(C(F)(F)F)OC(O)(C(F)(F)F)C1(F)F.CCC(C)C(=O)OC1CC(C(O)(C(F)(F)F)C(F)(F)F)CC(C(O)(C(F)(F)F)C(F)(F)F)C1. The molecule has 7 atom stereocenters. The van der Waals surface area contributed by atoms with Gasteiger partial charge in [-0.25, -0.2) is 0 Å². The summed E-state index contributed by atoms with van der Waals surface area (Å²) in [7, 11) is 0. The minimum atomic E-state index is -6.65. The van der Waals surface area contributed by atoms with Crippen molar-refractivity contribution in [3.63, 3.8) is 0 Å². The van der Waals surface area contributed by atoms with E-state index in [0.717, 1.165) is 6.92 Å². The molecule has 3 N–H and O–H groups in total. The summed E-state index contributed by atoms with van der Waals surface area (Å²) < 4.78 is 305.